The smallest absolute Gasteiger partial charge is 0.165 e. The number of carbonyl (C=O) groups excluding carboxylic acids is 1. The Bertz CT molecular complexity index is 325. The summed E-state index contributed by atoms with van der Waals surface area (Å²) in [6.45, 7) is 0.540. The molecule has 0 atom stereocenters. The van der Waals surface area contributed by atoms with Gasteiger partial charge in [0.25, 0.3) is 0 Å². The molecule has 0 saturated heterocycles. The van der Waals surface area contributed by atoms with E-state index in [0.29, 0.717) is 18.2 Å². The summed E-state index contributed by atoms with van der Waals surface area (Å²) in [7, 11) is 0. The highest BCUT2D eigenvalue weighted by atomic mass is 16.1. The predicted molar refractivity (Wildman–Crippen MR) is 56.0 cm³/mol. The summed E-state index contributed by atoms with van der Waals surface area (Å²) in [6, 6.07) is 7.66. The van der Waals surface area contributed by atoms with E-state index in [1.54, 1.807) is 0 Å². The Labute approximate surface area is 84.1 Å². The van der Waals surface area contributed by atoms with Crippen LogP contribution in [0.25, 0.3) is 0 Å². The van der Waals surface area contributed by atoms with E-state index in [-0.39, 0.29) is 0 Å². The van der Waals surface area contributed by atoms with E-state index in [4.69, 9.17) is 5.73 Å². The molecule has 0 radical (unpaired) electrons. The van der Waals surface area contributed by atoms with E-state index in [2.05, 4.69) is 0 Å². The van der Waals surface area contributed by atoms with Gasteiger partial charge in [-0.2, -0.15) is 0 Å². The molecule has 2 heteroatoms. The minimum Gasteiger partial charge on any atom is -0.326 e. The highest BCUT2D eigenvalue weighted by Gasteiger charge is 2.25. The van der Waals surface area contributed by atoms with Gasteiger partial charge in [0.05, 0.1) is 0 Å². The maximum Gasteiger partial charge on any atom is 0.165 e. The van der Waals surface area contributed by atoms with Crippen molar-refractivity contribution in [3.05, 3.63) is 35.4 Å². The van der Waals surface area contributed by atoms with Gasteiger partial charge in [-0.25, -0.2) is 0 Å². The van der Waals surface area contributed by atoms with Crippen LogP contribution in [0.1, 0.15) is 35.2 Å². The summed E-state index contributed by atoms with van der Waals surface area (Å²) in [6.07, 6.45) is 3.34. The second-order valence-electron chi connectivity index (χ2n) is 3.89. The van der Waals surface area contributed by atoms with Crippen LogP contribution in [0.2, 0.25) is 0 Å². The van der Waals surface area contributed by atoms with Crippen LogP contribution in [0.3, 0.4) is 0 Å². The topological polar surface area (TPSA) is 43.1 Å². The third-order valence-electron chi connectivity index (χ3n) is 2.95. The van der Waals surface area contributed by atoms with Gasteiger partial charge < -0.3 is 5.73 Å². The van der Waals surface area contributed by atoms with Crippen LogP contribution in [0.5, 0.6) is 0 Å². The first-order chi connectivity index (χ1) is 6.81. The summed E-state index contributed by atoms with van der Waals surface area (Å²) < 4.78 is 0. The van der Waals surface area contributed by atoms with Crippen LogP contribution in [0.4, 0.5) is 0 Å². The zero-order valence-electron chi connectivity index (χ0n) is 8.20. The van der Waals surface area contributed by atoms with Crippen LogP contribution < -0.4 is 5.73 Å². The maximum atomic E-state index is 11.8. The molecule has 0 unspecified atom stereocenters. The lowest BCUT2D eigenvalue weighted by molar-refractivity contribution is 0.0855. The standard InChI is InChI=1S/C12H15NO/c13-8-9-4-6-11(7-5-9)12(14)10-2-1-3-10/h4-7,10H,1-3,8,13H2. The summed E-state index contributed by atoms with van der Waals surface area (Å²) in [5.74, 6) is 0.596. The fourth-order valence-electron chi connectivity index (χ4n) is 1.71. The van der Waals surface area contributed by atoms with Gasteiger partial charge in [-0.15, -0.1) is 0 Å². The first-order valence-corrected chi connectivity index (χ1v) is 5.14. The van der Waals surface area contributed by atoms with Gasteiger partial charge in [0.1, 0.15) is 0 Å². The van der Waals surface area contributed by atoms with Gasteiger partial charge in [-0.1, -0.05) is 30.7 Å². The van der Waals surface area contributed by atoms with Gasteiger partial charge in [-0.05, 0) is 18.4 Å². The van der Waals surface area contributed by atoms with Crippen molar-refractivity contribution in [1.29, 1.82) is 0 Å². The van der Waals surface area contributed by atoms with Crippen molar-refractivity contribution in [3.8, 4) is 0 Å². The lowest BCUT2D eigenvalue weighted by Crippen LogP contribution is -2.21. The Morgan fingerprint density at radius 1 is 1.29 bits per heavy atom. The fraction of sp³-hybridized carbons (Fsp3) is 0.417. The lowest BCUT2D eigenvalue weighted by atomic mass is 9.80. The van der Waals surface area contributed by atoms with Crippen molar-refractivity contribution in [3.63, 3.8) is 0 Å². The van der Waals surface area contributed by atoms with E-state index >= 15 is 0 Å². The van der Waals surface area contributed by atoms with E-state index in [9.17, 15) is 4.79 Å². The van der Waals surface area contributed by atoms with Crippen LogP contribution in [-0.2, 0) is 6.54 Å². The van der Waals surface area contributed by atoms with Crippen molar-refractivity contribution in [2.45, 2.75) is 25.8 Å². The second-order valence-corrected chi connectivity index (χ2v) is 3.89. The molecule has 2 rings (SSSR count). The van der Waals surface area contributed by atoms with Crippen LogP contribution >= 0.6 is 0 Å². The molecule has 2 N–H and O–H groups in total. The van der Waals surface area contributed by atoms with Crippen LogP contribution in [0, 0.1) is 5.92 Å². The highest BCUT2D eigenvalue weighted by Crippen LogP contribution is 2.29. The summed E-state index contributed by atoms with van der Waals surface area (Å²) in [5, 5.41) is 0. The lowest BCUT2D eigenvalue weighted by Gasteiger charge is -2.23. The van der Waals surface area contributed by atoms with Crippen molar-refractivity contribution < 1.29 is 4.79 Å². The number of hydrogen-bond donors (Lipinski definition) is 1. The molecule has 0 heterocycles. The average Bonchev–Trinajstić information content (AvgIpc) is 2.15. The molecule has 14 heavy (non-hydrogen) atoms. The molecule has 2 nitrogen and oxygen atoms in total. The quantitative estimate of drug-likeness (QED) is 0.740. The Hall–Kier alpha value is -1.15. The van der Waals surface area contributed by atoms with Gasteiger partial charge in [-0.3, -0.25) is 4.79 Å². The molecule has 74 valence electrons. The predicted octanol–water partition coefficient (Wildman–Crippen LogP) is 2.13. The number of benzene rings is 1. The zero-order valence-corrected chi connectivity index (χ0v) is 8.20. The van der Waals surface area contributed by atoms with Crippen molar-refractivity contribution in [2.75, 3.05) is 0 Å². The van der Waals surface area contributed by atoms with Crippen molar-refractivity contribution in [2.24, 2.45) is 11.7 Å². The van der Waals surface area contributed by atoms with E-state index in [1.807, 2.05) is 24.3 Å². The van der Waals surface area contributed by atoms with E-state index < -0.39 is 0 Å². The van der Waals surface area contributed by atoms with E-state index in [1.165, 1.54) is 6.42 Å². The molecule has 0 amide bonds. The Morgan fingerprint density at radius 3 is 2.36 bits per heavy atom. The molecule has 1 aromatic carbocycles. The fourth-order valence-corrected chi connectivity index (χ4v) is 1.71. The second kappa shape index (κ2) is 3.93. The molecule has 1 fully saturated rings. The first kappa shape index (κ1) is 9.41. The monoisotopic (exact) mass is 189 g/mol. The molecule has 1 aliphatic rings. The third kappa shape index (κ3) is 1.70. The average molecular weight is 189 g/mol. The highest BCUT2D eigenvalue weighted by molar-refractivity contribution is 5.98. The van der Waals surface area contributed by atoms with Gasteiger partial charge in [0.2, 0.25) is 0 Å². The molecule has 1 aliphatic carbocycles. The van der Waals surface area contributed by atoms with Crippen LogP contribution in [-0.4, -0.2) is 5.78 Å². The summed E-state index contributed by atoms with van der Waals surface area (Å²) in [5.41, 5.74) is 7.41. The first-order valence-electron chi connectivity index (χ1n) is 5.14. The minimum absolute atomic E-state index is 0.290. The van der Waals surface area contributed by atoms with Crippen LogP contribution in [0.15, 0.2) is 24.3 Å². The van der Waals surface area contributed by atoms with Gasteiger partial charge >= 0.3 is 0 Å². The SMILES string of the molecule is NCc1ccc(C(=O)C2CCC2)cc1. The zero-order chi connectivity index (χ0) is 9.97. The maximum absolute atomic E-state index is 11.8. The van der Waals surface area contributed by atoms with Crippen molar-refractivity contribution in [1.82, 2.24) is 0 Å². The molecule has 1 saturated carbocycles. The largest absolute Gasteiger partial charge is 0.326 e. The number of hydrogen-bond acceptors (Lipinski definition) is 2. The third-order valence-corrected chi connectivity index (χ3v) is 2.95. The molecular weight excluding hydrogens is 174 g/mol. The summed E-state index contributed by atoms with van der Waals surface area (Å²) in [4.78, 5) is 11.8. The van der Waals surface area contributed by atoms with Crippen molar-refractivity contribution >= 4 is 5.78 Å². The summed E-state index contributed by atoms with van der Waals surface area (Å²) >= 11 is 0. The Morgan fingerprint density at radius 2 is 1.93 bits per heavy atom. The molecular formula is C12H15NO. The number of carbonyl (C=O) groups is 1. The van der Waals surface area contributed by atoms with Gasteiger partial charge in [0.15, 0.2) is 5.78 Å². The minimum atomic E-state index is 0.290. The Balaban J connectivity index is 2.11. The number of ketones is 1. The normalized spacial score (nSPS) is 16.4. The molecule has 0 spiro atoms. The number of Topliss-reactive ketones (excluding diaryl/α,β-unsaturated/α-hetero) is 1. The Kier molecular flexibility index (Phi) is 2.64. The molecule has 0 aliphatic heterocycles. The number of nitrogens with two attached hydrogens (primary N) is 1. The molecule has 0 aromatic heterocycles. The molecule has 0 bridgehead atoms. The molecule has 1 aromatic rings. The van der Waals surface area contributed by atoms with E-state index in [0.717, 1.165) is 24.0 Å². The van der Waals surface area contributed by atoms with Gasteiger partial charge in [0, 0.05) is 18.0 Å². The number of rotatable bonds is 3.